The topological polar surface area (TPSA) is 111 Å². The van der Waals surface area contributed by atoms with Gasteiger partial charge in [-0.05, 0) is 51.4 Å². The zero-order valence-electron chi connectivity index (χ0n) is 50.7. The van der Waals surface area contributed by atoms with Crippen LogP contribution in [0.5, 0.6) is 0 Å². The summed E-state index contributed by atoms with van der Waals surface area (Å²) in [6.07, 6.45) is 73.5. The first-order valence-corrected chi connectivity index (χ1v) is 33.8. The summed E-state index contributed by atoms with van der Waals surface area (Å²) in [4.78, 5) is 37.9. The molecule has 0 aromatic carbocycles. The van der Waals surface area contributed by atoms with Crippen molar-refractivity contribution in [1.29, 1.82) is 0 Å². The first kappa shape index (κ1) is 74.0. The number of esters is 2. The number of hydrogen-bond acceptors (Lipinski definition) is 8. The van der Waals surface area contributed by atoms with Crippen molar-refractivity contribution in [1.82, 2.24) is 0 Å². The van der Waals surface area contributed by atoms with Crippen LogP contribution in [0.25, 0.3) is 0 Å². The van der Waals surface area contributed by atoms with Crippen LogP contribution in [0, 0.1) is 0 Å². The molecule has 0 fully saturated rings. The van der Waals surface area contributed by atoms with Crippen molar-refractivity contribution in [3.05, 3.63) is 48.6 Å². The number of unbranched alkanes of at least 4 members (excludes halogenated alkanes) is 38. The summed E-state index contributed by atoms with van der Waals surface area (Å²) in [6, 6.07) is 0. The highest BCUT2D eigenvalue weighted by molar-refractivity contribution is 7.45. The third-order valence-corrected chi connectivity index (χ3v) is 15.3. The lowest BCUT2D eigenvalue weighted by molar-refractivity contribution is -0.870. The summed E-state index contributed by atoms with van der Waals surface area (Å²) in [5.41, 5.74) is 0. The zero-order chi connectivity index (χ0) is 55.6. The lowest BCUT2D eigenvalue weighted by Crippen LogP contribution is -2.37. The Bertz CT molecular complexity index is 1420. The maximum Gasteiger partial charge on any atom is 0.306 e. The summed E-state index contributed by atoms with van der Waals surface area (Å²) in [6.45, 7) is 4.14. The molecule has 0 saturated carbocycles. The van der Waals surface area contributed by atoms with Gasteiger partial charge in [0.15, 0.2) is 6.10 Å². The second-order valence-corrected chi connectivity index (χ2v) is 24.5. The monoisotopic (exact) mass is 1090 g/mol. The van der Waals surface area contributed by atoms with E-state index in [0.717, 1.165) is 70.6 Å². The van der Waals surface area contributed by atoms with E-state index in [1.54, 1.807) is 0 Å². The highest BCUT2D eigenvalue weighted by Crippen LogP contribution is 2.38. The summed E-state index contributed by atoms with van der Waals surface area (Å²) >= 11 is 0. The molecule has 0 aliphatic rings. The summed E-state index contributed by atoms with van der Waals surface area (Å²) in [5.74, 6) is -0.850. The van der Waals surface area contributed by atoms with E-state index in [-0.39, 0.29) is 32.0 Å². The number of likely N-dealkylation sites (N-methyl/N-ethyl adjacent to an activating group) is 1. The molecule has 446 valence electrons. The van der Waals surface area contributed by atoms with Crippen LogP contribution in [0.4, 0.5) is 0 Å². The third-order valence-electron chi connectivity index (χ3n) is 14.4. The second-order valence-electron chi connectivity index (χ2n) is 23.1. The lowest BCUT2D eigenvalue weighted by atomic mass is 10.0. The average Bonchev–Trinajstić information content (AvgIpc) is 3.38. The standard InChI is InChI=1S/C66H124NO8P/c1-6-8-10-12-14-16-18-20-22-24-25-26-27-28-29-30-31-32-33-34-35-36-37-38-39-40-41-43-44-46-48-50-52-54-56-58-65(68)72-62-64(63-74-76(70,71)73-61-60-67(3,4)5)75-66(69)59-57-55-53-51-49-47-45-42-23-21-19-17-15-13-11-9-7-2/h9,11,15,17,21,23,45,47,64H,6-8,10,12-14,16,18-20,22,24-44,46,48-63H2,1-5H3/b11-9-,17-15-,23-21-,47-45-. The quantitative estimate of drug-likeness (QED) is 0.0195. The number of carbonyl (C=O) groups is 2. The van der Waals surface area contributed by atoms with E-state index in [0.29, 0.717) is 17.4 Å². The Kier molecular flexibility index (Phi) is 56.1. The summed E-state index contributed by atoms with van der Waals surface area (Å²) in [7, 11) is 1.16. The number of ether oxygens (including phenoxy) is 2. The largest absolute Gasteiger partial charge is 0.756 e. The van der Waals surface area contributed by atoms with Crippen LogP contribution in [0.3, 0.4) is 0 Å². The molecule has 0 N–H and O–H groups in total. The number of hydrogen-bond donors (Lipinski definition) is 0. The lowest BCUT2D eigenvalue weighted by Gasteiger charge is -2.28. The molecule has 2 atom stereocenters. The van der Waals surface area contributed by atoms with Crippen LogP contribution >= 0.6 is 7.82 Å². The zero-order valence-corrected chi connectivity index (χ0v) is 51.6. The fourth-order valence-electron chi connectivity index (χ4n) is 9.42. The molecule has 0 rings (SSSR count). The van der Waals surface area contributed by atoms with Gasteiger partial charge in [-0.2, -0.15) is 0 Å². The smallest absolute Gasteiger partial charge is 0.306 e. The van der Waals surface area contributed by atoms with Gasteiger partial charge >= 0.3 is 11.9 Å². The Labute approximate surface area is 471 Å². The van der Waals surface area contributed by atoms with Crippen molar-refractivity contribution < 1.29 is 42.1 Å². The molecule has 0 aliphatic carbocycles. The third kappa shape index (κ3) is 61.2. The Balaban J connectivity index is 3.95. The fourth-order valence-corrected chi connectivity index (χ4v) is 10.1. The van der Waals surface area contributed by atoms with E-state index >= 15 is 0 Å². The maximum atomic E-state index is 12.8. The van der Waals surface area contributed by atoms with Crippen LogP contribution < -0.4 is 4.89 Å². The fraction of sp³-hybridized carbons (Fsp3) is 0.848. The van der Waals surface area contributed by atoms with Gasteiger partial charge in [-0.15, -0.1) is 0 Å². The van der Waals surface area contributed by atoms with E-state index in [4.69, 9.17) is 18.5 Å². The molecule has 0 saturated heterocycles. The van der Waals surface area contributed by atoms with Crippen LogP contribution in [0.2, 0.25) is 0 Å². The molecule has 0 heterocycles. The van der Waals surface area contributed by atoms with Crippen LogP contribution in [-0.4, -0.2) is 70.0 Å². The SMILES string of the molecule is CC/C=C\C/C=C\C/C=C\C/C=C\CCCCCCC(=O)OC(COC(=O)CCCCCCCCCCCCCCCCCCCCCCCCCCCCCCCCCCCCC)COP(=O)([O-])OCC[N+](C)(C)C. The van der Waals surface area contributed by atoms with Crippen LogP contribution in [-0.2, 0) is 32.7 Å². The predicted molar refractivity (Wildman–Crippen MR) is 324 cm³/mol. The molecule has 0 amide bonds. The van der Waals surface area contributed by atoms with Gasteiger partial charge in [0.1, 0.15) is 19.8 Å². The Morgan fingerprint density at radius 2 is 0.750 bits per heavy atom. The molecule has 0 radical (unpaired) electrons. The van der Waals surface area contributed by atoms with Gasteiger partial charge < -0.3 is 27.9 Å². The van der Waals surface area contributed by atoms with Gasteiger partial charge in [-0.25, -0.2) is 0 Å². The second kappa shape index (κ2) is 57.6. The van der Waals surface area contributed by atoms with Gasteiger partial charge in [0.25, 0.3) is 7.82 Å². The molecule has 10 heteroatoms. The van der Waals surface area contributed by atoms with Gasteiger partial charge in [0.05, 0.1) is 27.7 Å². The van der Waals surface area contributed by atoms with Gasteiger partial charge in [-0.1, -0.05) is 294 Å². The molecule has 0 bridgehead atoms. The van der Waals surface area contributed by atoms with E-state index in [1.807, 2.05) is 21.1 Å². The molecule has 0 aromatic heterocycles. The van der Waals surface area contributed by atoms with Crippen molar-refractivity contribution in [3.8, 4) is 0 Å². The number of nitrogens with zero attached hydrogens (tertiary/aromatic N) is 1. The van der Waals surface area contributed by atoms with Crippen molar-refractivity contribution in [2.45, 2.75) is 315 Å². The number of rotatable bonds is 60. The Morgan fingerprint density at radius 3 is 1.12 bits per heavy atom. The summed E-state index contributed by atoms with van der Waals surface area (Å²) in [5, 5.41) is 0. The van der Waals surface area contributed by atoms with Gasteiger partial charge in [-0.3, -0.25) is 14.2 Å². The number of phosphoric ester groups is 1. The van der Waals surface area contributed by atoms with Gasteiger partial charge in [0, 0.05) is 12.8 Å². The molecule has 0 aliphatic heterocycles. The van der Waals surface area contributed by atoms with Crippen LogP contribution in [0.1, 0.15) is 309 Å². The predicted octanol–water partition coefficient (Wildman–Crippen LogP) is 19.9. The molecule has 9 nitrogen and oxygen atoms in total. The highest BCUT2D eigenvalue weighted by atomic mass is 31.2. The van der Waals surface area contributed by atoms with E-state index in [9.17, 15) is 19.0 Å². The first-order chi connectivity index (χ1) is 37.0. The molecular weight excluding hydrogens is 966 g/mol. The average molecular weight is 1090 g/mol. The van der Waals surface area contributed by atoms with Crippen molar-refractivity contribution in [2.75, 3.05) is 47.5 Å². The molecular formula is C66H124NO8P. The number of allylic oxidation sites excluding steroid dienone is 8. The van der Waals surface area contributed by atoms with Crippen molar-refractivity contribution in [2.24, 2.45) is 0 Å². The van der Waals surface area contributed by atoms with E-state index in [2.05, 4.69) is 62.5 Å². The van der Waals surface area contributed by atoms with Crippen LogP contribution in [0.15, 0.2) is 48.6 Å². The van der Waals surface area contributed by atoms with Crippen molar-refractivity contribution in [3.63, 3.8) is 0 Å². The highest BCUT2D eigenvalue weighted by Gasteiger charge is 2.22. The number of phosphoric acid groups is 1. The number of quaternary nitrogens is 1. The minimum Gasteiger partial charge on any atom is -0.756 e. The van der Waals surface area contributed by atoms with E-state index in [1.165, 1.54) is 205 Å². The molecule has 0 aromatic rings. The van der Waals surface area contributed by atoms with Gasteiger partial charge in [0.2, 0.25) is 0 Å². The number of carbonyl (C=O) groups excluding carboxylic acids is 2. The minimum absolute atomic E-state index is 0.0359. The molecule has 76 heavy (non-hydrogen) atoms. The first-order valence-electron chi connectivity index (χ1n) is 32.3. The maximum absolute atomic E-state index is 12.8. The van der Waals surface area contributed by atoms with Crippen molar-refractivity contribution >= 4 is 19.8 Å². The molecule has 2 unspecified atom stereocenters. The van der Waals surface area contributed by atoms with E-state index < -0.39 is 26.5 Å². The summed E-state index contributed by atoms with van der Waals surface area (Å²) < 4.78 is 34.2. The Morgan fingerprint density at radius 1 is 0.421 bits per heavy atom. The normalized spacial score (nSPS) is 13.5. The minimum atomic E-state index is -4.64. The Hall–Kier alpha value is -2.03. The molecule has 0 spiro atoms.